The highest BCUT2D eigenvalue weighted by Crippen LogP contribution is 2.39. The molecule has 0 aliphatic rings. The number of nitrogens with zero attached hydrogens (tertiary/aromatic N) is 2. The van der Waals surface area contributed by atoms with E-state index in [0.717, 1.165) is 19.3 Å². The monoisotopic (exact) mass is 404 g/mol. The Balaban J connectivity index is 1.98. The molecule has 2 aromatic carbocycles. The fraction of sp³-hybridized carbons (Fsp3) is 0.333. The van der Waals surface area contributed by atoms with Gasteiger partial charge in [-0.25, -0.2) is 0 Å². The molecule has 0 N–H and O–H groups in total. The van der Waals surface area contributed by atoms with Crippen molar-refractivity contribution in [2.24, 2.45) is 0 Å². The smallest absolute Gasteiger partial charge is 0.283 e. The Bertz CT molecular complexity index is 1210. The van der Waals surface area contributed by atoms with E-state index in [0.29, 0.717) is 34.8 Å². The first-order chi connectivity index (χ1) is 14.6. The second-order valence-electron chi connectivity index (χ2n) is 7.53. The Labute approximate surface area is 173 Å². The van der Waals surface area contributed by atoms with Gasteiger partial charge >= 0.3 is 0 Å². The molecule has 2 aromatic heterocycles. The summed E-state index contributed by atoms with van der Waals surface area (Å²) in [5.74, 6) is 0.492. The van der Waals surface area contributed by atoms with E-state index in [4.69, 9.17) is 8.83 Å². The van der Waals surface area contributed by atoms with Crippen LogP contribution in [0.5, 0.6) is 0 Å². The molecular weight excluding hydrogens is 380 g/mol. The second-order valence-corrected chi connectivity index (χ2v) is 7.53. The third-order valence-corrected chi connectivity index (χ3v) is 5.68. The second kappa shape index (κ2) is 8.22. The molecule has 0 amide bonds. The maximum atomic E-state index is 12.7. The first-order valence-electron chi connectivity index (χ1n) is 10.4. The third kappa shape index (κ3) is 3.43. The standard InChI is InChI=1S/C24H24N2O4/c1-3-5-10-15-24(4-2,22-25-20(27)16-11-6-8-13-18(16)29-22)23-26-21(28)17-12-7-9-14-19(17)30-23/h6-9,11-14H,3-5,10,15H2,1-2H3. The SMILES string of the molecule is CCCCCC(CC)(c1nc(=O)c2ccccc2o1)c1nc(=O)c2ccccc2o1. The molecule has 6 heteroatoms. The van der Waals surface area contributed by atoms with Crippen molar-refractivity contribution in [1.82, 2.24) is 9.97 Å². The molecule has 0 radical (unpaired) electrons. The summed E-state index contributed by atoms with van der Waals surface area (Å²) < 4.78 is 12.2. The van der Waals surface area contributed by atoms with Gasteiger partial charge in [0.1, 0.15) is 16.6 Å². The average Bonchev–Trinajstić information content (AvgIpc) is 2.77. The Morgan fingerprint density at radius 2 is 1.27 bits per heavy atom. The van der Waals surface area contributed by atoms with Crippen LogP contribution in [-0.2, 0) is 5.41 Å². The van der Waals surface area contributed by atoms with Crippen LogP contribution < -0.4 is 11.1 Å². The molecule has 0 atom stereocenters. The van der Waals surface area contributed by atoms with Crippen LogP contribution in [0.3, 0.4) is 0 Å². The molecule has 0 saturated heterocycles. The van der Waals surface area contributed by atoms with Crippen LogP contribution in [0.15, 0.2) is 67.0 Å². The number of para-hydroxylation sites is 2. The van der Waals surface area contributed by atoms with Crippen LogP contribution in [-0.4, -0.2) is 9.97 Å². The lowest BCUT2D eigenvalue weighted by Gasteiger charge is -2.28. The van der Waals surface area contributed by atoms with Gasteiger partial charge in [0.2, 0.25) is 11.8 Å². The molecule has 0 bridgehead atoms. The summed E-state index contributed by atoms with van der Waals surface area (Å²) in [4.78, 5) is 34.0. The molecule has 4 rings (SSSR count). The molecule has 0 spiro atoms. The Hall–Kier alpha value is -3.28. The van der Waals surface area contributed by atoms with Gasteiger partial charge in [0, 0.05) is 0 Å². The van der Waals surface area contributed by atoms with Gasteiger partial charge in [-0.2, -0.15) is 9.97 Å². The van der Waals surface area contributed by atoms with Crippen molar-refractivity contribution >= 4 is 21.9 Å². The zero-order valence-electron chi connectivity index (χ0n) is 17.2. The minimum Gasteiger partial charge on any atom is -0.441 e. The minimum absolute atomic E-state index is 0.246. The molecule has 0 unspecified atom stereocenters. The summed E-state index contributed by atoms with van der Waals surface area (Å²) in [5.41, 5.74) is -0.693. The van der Waals surface area contributed by atoms with Crippen molar-refractivity contribution < 1.29 is 8.83 Å². The van der Waals surface area contributed by atoms with Crippen LogP contribution >= 0.6 is 0 Å². The molecule has 0 aliphatic heterocycles. The lowest BCUT2D eigenvalue weighted by atomic mass is 9.79. The summed E-state index contributed by atoms with van der Waals surface area (Å²) in [6.07, 6.45) is 4.03. The maximum absolute atomic E-state index is 12.7. The molecule has 154 valence electrons. The number of hydrogen-bond acceptors (Lipinski definition) is 6. The lowest BCUT2D eigenvalue weighted by molar-refractivity contribution is 0.270. The van der Waals surface area contributed by atoms with Gasteiger partial charge < -0.3 is 8.83 Å². The van der Waals surface area contributed by atoms with Gasteiger partial charge in [0.15, 0.2) is 0 Å². The Morgan fingerprint density at radius 3 is 1.73 bits per heavy atom. The number of hydrogen-bond donors (Lipinski definition) is 0. The normalized spacial score (nSPS) is 11.9. The quantitative estimate of drug-likeness (QED) is 0.404. The van der Waals surface area contributed by atoms with Crippen LogP contribution in [0.25, 0.3) is 21.9 Å². The van der Waals surface area contributed by atoms with E-state index < -0.39 is 5.41 Å². The van der Waals surface area contributed by atoms with E-state index in [1.807, 2.05) is 19.1 Å². The van der Waals surface area contributed by atoms with E-state index in [9.17, 15) is 9.59 Å². The Morgan fingerprint density at radius 1 is 0.767 bits per heavy atom. The first kappa shape index (κ1) is 20.0. The van der Waals surface area contributed by atoms with Gasteiger partial charge in [0.25, 0.3) is 11.1 Å². The number of rotatable bonds is 7. The van der Waals surface area contributed by atoms with Crippen LogP contribution in [0.2, 0.25) is 0 Å². The van der Waals surface area contributed by atoms with Crippen molar-refractivity contribution in [1.29, 1.82) is 0 Å². The van der Waals surface area contributed by atoms with Gasteiger partial charge in [-0.05, 0) is 37.1 Å². The zero-order valence-corrected chi connectivity index (χ0v) is 17.2. The van der Waals surface area contributed by atoms with Gasteiger partial charge in [-0.3, -0.25) is 9.59 Å². The van der Waals surface area contributed by atoms with Gasteiger partial charge in [-0.1, -0.05) is 57.4 Å². The van der Waals surface area contributed by atoms with Crippen LogP contribution in [0.1, 0.15) is 57.7 Å². The van der Waals surface area contributed by atoms with Crippen molar-refractivity contribution in [3.63, 3.8) is 0 Å². The number of fused-ring (bicyclic) bond motifs is 2. The fourth-order valence-electron chi connectivity index (χ4n) is 3.89. The number of aromatic nitrogens is 2. The van der Waals surface area contributed by atoms with Crippen molar-refractivity contribution in [3.8, 4) is 0 Å². The molecule has 30 heavy (non-hydrogen) atoms. The summed E-state index contributed by atoms with van der Waals surface area (Å²) >= 11 is 0. The van der Waals surface area contributed by atoms with Crippen LogP contribution in [0.4, 0.5) is 0 Å². The largest absolute Gasteiger partial charge is 0.441 e. The van der Waals surface area contributed by atoms with Gasteiger partial charge in [-0.15, -0.1) is 0 Å². The molecule has 0 saturated carbocycles. The fourth-order valence-corrected chi connectivity index (χ4v) is 3.89. The number of benzene rings is 2. The highest BCUT2D eigenvalue weighted by atomic mass is 16.4. The summed E-state index contributed by atoms with van der Waals surface area (Å²) in [6, 6.07) is 14.1. The van der Waals surface area contributed by atoms with Crippen molar-refractivity contribution in [2.75, 3.05) is 0 Å². The van der Waals surface area contributed by atoms with E-state index >= 15 is 0 Å². The van der Waals surface area contributed by atoms with Crippen LogP contribution in [0, 0.1) is 0 Å². The summed E-state index contributed by atoms with van der Waals surface area (Å²) in [7, 11) is 0. The molecular formula is C24H24N2O4. The summed E-state index contributed by atoms with van der Waals surface area (Å²) in [5, 5.41) is 0.848. The Kier molecular flexibility index (Phi) is 5.48. The predicted octanol–water partition coefficient (Wildman–Crippen LogP) is 4.97. The van der Waals surface area contributed by atoms with E-state index in [1.165, 1.54) is 0 Å². The predicted molar refractivity (Wildman–Crippen MR) is 116 cm³/mol. The highest BCUT2D eigenvalue weighted by Gasteiger charge is 2.41. The van der Waals surface area contributed by atoms with E-state index in [2.05, 4.69) is 16.9 Å². The maximum Gasteiger partial charge on any atom is 0.283 e. The lowest BCUT2D eigenvalue weighted by Crippen LogP contribution is -2.33. The number of unbranched alkanes of at least 4 members (excludes halogenated alkanes) is 2. The van der Waals surface area contributed by atoms with Gasteiger partial charge in [0.05, 0.1) is 10.8 Å². The van der Waals surface area contributed by atoms with Crippen molar-refractivity contribution in [2.45, 2.75) is 51.4 Å². The van der Waals surface area contributed by atoms with E-state index in [1.54, 1.807) is 36.4 Å². The summed E-state index contributed by atoms with van der Waals surface area (Å²) in [6.45, 7) is 4.09. The minimum atomic E-state index is -0.901. The average molecular weight is 404 g/mol. The molecule has 0 fully saturated rings. The van der Waals surface area contributed by atoms with Crippen molar-refractivity contribution in [3.05, 3.63) is 81.0 Å². The van der Waals surface area contributed by atoms with E-state index in [-0.39, 0.29) is 22.9 Å². The third-order valence-electron chi connectivity index (χ3n) is 5.68. The molecule has 2 heterocycles. The molecule has 4 aromatic rings. The topological polar surface area (TPSA) is 86.2 Å². The molecule has 0 aliphatic carbocycles. The zero-order chi connectivity index (χ0) is 21.1. The molecule has 6 nitrogen and oxygen atoms in total. The highest BCUT2D eigenvalue weighted by molar-refractivity contribution is 5.76. The first-order valence-corrected chi connectivity index (χ1v) is 10.4.